The van der Waals surface area contributed by atoms with Gasteiger partial charge in [-0.15, -0.1) is 0 Å². The number of hydrogen-bond acceptors (Lipinski definition) is 3. The SMILES string of the molecule is NC(=S)c1cccn(CCCO)c1=O. The summed E-state index contributed by atoms with van der Waals surface area (Å²) < 4.78 is 1.49. The summed E-state index contributed by atoms with van der Waals surface area (Å²) in [5, 5.41) is 8.63. The molecule has 0 aliphatic carbocycles. The highest BCUT2D eigenvalue weighted by molar-refractivity contribution is 7.80. The number of nitrogens with two attached hydrogens (primary N) is 1. The number of aliphatic hydroxyl groups excluding tert-OH is 1. The maximum absolute atomic E-state index is 11.6. The fourth-order valence-corrected chi connectivity index (χ4v) is 1.30. The van der Waals surface area contributed by atoms with Crippen LogP contribution in [-0.4, -0.2) is 21.3 Å². The predicted molar refractivity (Wildman–Crippen MR) is 58.3 cm³/mol. The van der Waals surface area contributed by atoms with Gasteiger partial charge in [0.2, 0.25) is 0 Å². The molecule has 1 heterocycles. The molecule has 1 rings (SSSR count). The lowest BCUT2D eigenvalue weighted by Crippen LogP contribution is -2.28. The molecule has 4 nitrogen and oxygen atoms in total. The molecule has 0 aliphatic heterocycles. The maximum atomic E-state index is 11.6. The van der Waals surface area contributed by atoms with Crippen molar-refractivity contribution in [1.29, 1.82) is 0 Å². The van der Waals surface area contributed by atoms with Crippen LogP contribution >= 0.6 is 12.2 Å². The molecule has 0 radical (unpaired) electrons. The Morgan fingerprint density at radius 2 is 2.36 bits per heavy atom. The third kappa shape index (κ3) is 2.40. The zero-order valence-electron chi connectivity index (χ0n) is 7.64. The quantitative estimate of drug-likeness (QED) is 0.682. The predicted octanol–water partition coefficient (Wildman–Crippen LogP) is -0.135. The number of hydrogen-bond donors (Lipinski definition) is 2. The van der Waals surface area contributed by atoms with Crippen LogP contribution in [0.25, 0.3) is 0 Å². The van der Waals surface area contributed by atoms with Crippen molar-refractivity contribution in [2.24, 2.45) is 5.73 Å². The highest BCUT2D eigenvalue weighted by atomic mass is 32.1. The molecule has 0 saturated heterocycles. The van der Waals surface area contributed by atoms with Gasteiger partial charge in [0.05, 0.1) is 5.56 Å². The van der Waals surface area contributed by atoms with Gasteiger partial charge in [0.1, 0.15) is 4.99 Å². The van der Waals surface area contributed by atoms with Crippen molar-refractivity contribution in [2.75, 3.05) is 6.61 Å². The summed E-state index contributed by atoms with van der Waals surface area (Å²) in [6.07, 6.45) is 2.19. The number of aliphatic hydroxyl groups is 1. The van der Waals surface area contributed by atoms with Crippen molar-refractivity contribution in [3.8, 4) is 0 Å². The van der Waals surface area contributed by atoms with Gasteiger partial charge in [-0.1, -0.05) is 12.2 Å². The molecule has 0 aromatic carbocycles. The molecule has 0 amide bonds. The molecule has 0 saturated carbocycles. The lowest BCUT2D eigenvalue weighted by molar-refractivity contribution is 0.279. The van der Waals surface area contributed by atoms with Crippen molar-refractivity contribution in [3.63, 3.8) is 0 Å². The zero-order valence-corrected chi connectivity index (χ0v) is 8.46. The van der Waals surface area contributed by atoms with Crippen LogP contribution in [0.5, 0.6) is 0 Å². The van der Waals surface area contributed by atoms with Gasteiger partial charge in [0, 0.05) is 19.3 Å². The van der Waals surface area contributed by atoms with E-state index < -0.39 is 0 Å². The van der Waals surface area contributed by atoms with Gasteiger partial charge < -0.3 is 15.4 Å². The molecule has 1 aromatic heterocycles. The third-order valence-corrected chi connectivity index (χ3v) is 2.06. The molecule has 0 atom stereocenters. The normalized spacial score (nSPS) is 10.1. The Bertz CT molecular complexity index is 387. The van der Waals surface area contributed by atoms with Gasteiger partial charge in [-0.3, -0.25) is 4.79 Å². The molecule has 14 heavy (non-hydrogen) atoms. The van der Waals surface area contributed by atoms with E-state index >= 15 is 0 Å². The van der Waals surface area contributed by atoms with Crippen LogP contribution in [0.2, 0.25) is 0 Å². The first-order valence-electron chi connectivity index (χ1n) is 4.27. The van der Waals surface area contributed by atoms with Crippen LogP contribution < -0.4 is 11.3 Å². The van der Waals surface area contributed by atoms with Crippen LogP contribution in [0.4, 0.5) is 0 Å². The monoisotopic (exact) mass is 212 g/mol. The molecule has 5 heteroatoms. The molecule has 0 spiro atoms. The Balaban J connectivity index is 3.02. The van der Waals surface area contributed by atoms with Crippen LogP contribution in [0.1, 0.15) is 12.0 Å². The Kier molecular flexibility index (Phi) is 3.79. The second kappa shape index (κ2) is 4.88. The van der Waals surface area contributed by atoms with Crippen LogP contribution in [0, 0.1) is 0 Å². The Morgan fingerprint density at radius 1 is 1.64 bits per heavy atom. The molecule has 0 aliphatic rings. The van der Waals surface area contributed by atoms with E-state index in [4.69, 9.17) is 23.1 Å². The van der Waals surface area contributed by atoms with E-state index in [1.807, 2.05) is 0 Å². The number of nitrogens with zero attached hydrogens (tertiary/aromatic N) is 1. The number of aryl methyl sites for hydroxylation is 1. The molecule has 0 bridgehead atoms. The molecular formula is C9H12N2O2S. The van der Waals surface area contributed by atoms with Crippen LogP contribution in [-0.2, 0) is 6.54 Å². The van der Waals surface area contributed by atoms with Crippen molar-refractivity contribution in [1.82, 2.24) is 4.57 Å². The van der Waals surface area contributed by atoms with Crippen LogP contribution in [0.15, 0.2) is 23.1 Å². The summed E-state index contributed by atoms with van der Waals surface area (Å²) >= 11 is 4.74. The van der Waals surface area contributed by atoms with E-state index in [1.165, 1.54) is 4.57 Å². The summed E-state index contributed by atoms with van der Waals surface area (Å²) in [5.74, 6) is 0. The molecule has 76 valence electrons. The molecule has 1 aromatic rings. The number of aromatic nitrogens is 1. The van der Waals surface area contributed by atoms with Gasteiger partial charge in [0.25, 0.3) is 5.56 Å². The van der Waals surface area contributed by atoms with E-state index in [0.717, 1.165) is 0 Å². The fraction of sp³-hybridized carbons (Fsp3) is 0.333. The fourth-order valence-electron chi connectivity index (χ4n) is 1.14. The van der Waals surface area contributed by atoms with Gasteiger partial charge in [0.15, 0.2) is 0 Å². The van der Waals surface area contributed by atoms with Crippen molar-refractivity contribution in [3.05, 3.63) is 34.2 Å². The average molecular weight is 212 g/mol. The molecule has 3 N–H and O–H groups in total. The smallest absolute Gasteiger partial charge is 0.260 e. The van der Waals surface area contributed by atoms with E-state index in [2.05, 4.69) is 0 Å². The minimum Gasteiger partial charge on any atom is -0.396 e. The maximum Gasteiger partial charge on any atom is 0.260 e. The molecule has 0 fully saturated rings. The van der Waals surface area contributed by atoms with Crippen molar-refractivity contribution < 1.29 is 5.11 Å². The summed E-state index contributed by atoms with van der Waals surface area (Å²) in [6, 6.07) is 3.31. The molecular weight excluding hydrogens is 200 g/mol. The summed E-state index contributed by atoms with van der Waals surface area (Å²) in [6.45, 7) is 0.537. The van der Waals surface area contributed by atoms with E-state index in [1.54, 1.807) is 18.3 Å². The lowest BCUT2D eigenvalue weighted by atomic mass is 10.2. The standard InChI is InChI=1S/C9H12N2O2S/c10-8(14)7-3-1-4-11(9(7)13)5-2-6-12/h1,3-4,12H,2,5-6H2,(H2,10,14). The first-order chi connectivity index (χ1) is 6.66. The van der Waals surface area contributed by atoms with E-state index in [9.17, 15) is 4.79 Å². The minimum atomic E-state index is -0.201. The third-order valence-electron chi connectivity index (χ3n) is 1.84. The summed E-state index contributed by atoms with van der Waals surface area (Å²) in [5.41, 5.74) is 5.53. The van der Waals surface area contributed by atoms with Gasteiger partial charge in [-0.25, -0.2) is 0 Å². The first kappa shape index (κ1) is 10.9. The minimum absolute atomic E-state index is 0.0593. The second-order valence-electron chi connectivity index (χ2n) is 2.86. The van der Waals surface area contributed by atoms with Crippen molar-refractivity contribution >= 4 is 17.2 Å². The Labute approximate surface area is 87.0 Å². The topological polar surface area (TPSA) is 68.2 Å². The highest BCUT2D eigenvalue weighted by Gasteiger charge is 2.04. The van der Waals surface area contributed by atoms with Crippen LogP contribution in [0.3, 0.4) is 0 Å². The number of pyridine rings is 1. The second-order valence-corrected chi connectivity index (χ2v) is 3.30. The number of thiocarbonyl (C=S) groups is 1. The lowest BCUT2D eigenvalue weighted by Gasteiger charge is -2.05. The number of rotatable bonds is 4. The van der Waals surface area contributed by atoms with Gasteiger partial charge >= 0.3 is 0 Å². The molecule has 0 unspecified atom stereocenters. The Morgan fingerprint density at radius 3 is 2.93 bits per heavy atom. The summed E-state index contributed by atoms with van der Waals surface area (Å²) in [7, 11) is 0. The summed E-state index contributed by atoms with van der Waals surface area (Å²) in [4.78, 5) is 11.7. The average Bonchev–Trinajstić information content (AvgIpc) is 2.16. The Hall–Kier alpha value is -1.20. The highest BCUT2D eigenvalue weighted by Crippen LogP contribution is 1.93. The van der Waals surface area contributed by atoms with E-state index in [-0.39, 0.29) is 17.2 Å². The zero-order chi connectivity index (χ0) is 10.6. The van der Waals surface area contributed by atoms with Gasteiger partial charge in [-0.2, -0.15) is 0 Å². The van der Waals surface area contributed by atoms with Crippen molar-refractivity contribution in [2.45, 2.75) is 13.0 Å². The largest absolute Gasteiger partial charge is 0.396 e. The van der Waals surface area contributed by atoms with Gasteiger partial charge in [-0.05, 0) is 18.6 Å². The van der Waals surface area contributed by atoms with E-state index in [0.29, 0.717) is 18.5 Å². The first-order valence-corrected chi connectivity index (χ1v) is 4.67.